The predicted octanol–water partition coefficient (Wildman–Crippen LogP) is 3.89. The van der Waals surface area contributed by atoms with Crippen molar-refractivity contribution in [2.75, 3.05) is 39.3 Å². The Labute approximate surface area is 192 Å². The van der Waals surface area contributed by atoms with Gasteiger partial charge in [0.15, 0.2) is 0 Å². The number of ether oxygens (including phenoxy) is 2. The lowest BCUT2D eigenvalue weighted by Gasteiger charge is -2.25. The summed E-state index contributed by atoms with van der Waals surface area (Å²) >= 11 is 0. The van der Waals surface area contributed by atoms with Crippen molar-refractivity contribution in [3.8, 4) is 11.5 Å². The molecule has 2 aromatic carbocycles. The largest absolute Gasteiger partial charge is 0.488 e. The Bertz CT molecular complexity index is 802. The number of benzene rings is 2. The molecule has 5 nitrogen and oxygen atoms in total. The highest BCUT2D eigenvalue weighted by atomic mass is 16.5. The highest BCUT2D eigenvalue weighted by Gasteiger charge is 2.29. The van der Waals surface area contributed by atoms with Crippen molar-refractivity contribution in [2.45, 2.75) is 58.8 Å². The van der Waals surface area contributed by atoms with Crippen LogP contribution in [-0.2, 0) is 0 Å². The molecule has 2 fully saturated rings. The van der Waals surface area contributed by atoms with E-state index in [0.717, 1.165) is 50.5 Å². The fourth-order valence-corrected chi connectivity index (χ4v) is 5.08. The summed E-state index contributed by atoms with van der Waals surface area (Å²) in [6.07, 6.45) is 2.06. The maximum absolute atomic E-state index is 10.7. The molecule has 0 radical (unpaired) electrons. The average molecular weight is 439 g/mol. The molecule has 0 spiro atoms. The Morgan fingerprint density at radius 2 is 1.12 bits per heavy atom. The first-order chi connectivity index (χ1) is 15.4. The average Bonchev–Trinajstić information content (AvgIpc) is 3.37. The number of aliphatic hydroxyl groups is 1. The van der Waals surface area contributed by atoms with Crippen LogP contribution in [0.3, 0.4) is 0 Å². The molecule has 5 heteroatoms. The lowest BCUT2D eigenvalue weighted by molar-refractivity contribution is 0.0809. The monoisotopic (exact) mass is 438 g/mol. The molecule has 32 heavy (non-hydrogen) atoms. The number of aryl methyl sites for hydroxylation is 4. The number of hydrogen-bond acceptors (Lipinski definition) is 5. The zero-order valence-electron chi connectivity index (χ0n) is 20.0. The number of hydrogen-bond donors (Lipinski definition) is 1. The Morgan fingerprint density at radius 3 is 1.50 bits per heavy atom. The van der Waals surface area contributed by atoms with Crippen LogP contribution >= 0.6 is 0 Å². The van der Waals surface area contributed by atoms with E-state index in [0.29, 0.717) is 13.1 Å². The van der Waals surface area contributed by atoms with Gasteiger partial charge in [0, 0.05) is 39.3 Å². The van der Waals surface area contributed by atoms with E-state index in [1.54, 1.807) is 0 Å². The van der Waals surface area contributed by atoms with Crippen LogP contribution in [-0.4, -0.2) is 72.5 Å². The summed E-state index contributed by atoms with van der Waals surface area (Å²) in [6.45, 7) is 13.5. The fourth-order valence-electron chi connectivity index (χ4n) is 5.08. The first-order valence-electron chi connectivity index (χ1n) is 12.0. The summed E-state index contributed by atoms with van der Waals surface area (Å²) < 4.78 is 12.6. The van der Waals surface area contributed by atoms with Crippen LogP contribution in [0.5, 0.6) is 11.5 Å². The second-order valence-electron chi connectivity index (χ2n) is 9.67. The smallest absolute Gasteiger partial charge is 0.125 e. The normalized spacial score (nSPS) is 22.9. The van der Waals surface area contributed by atoms with Crippen molar-refractivity contribution in [1.82, 2.24) is 9.80 Å². The van der Waals surface area contributed by atoms with Gasteiger partial charge in [-0.25, -0.2) is 0 Å². The number of β-amino-alcohol motifs (C(OH)–C–C–N with tert-alkyl or cyclic N) is 1. The molecule has 0 aromatic heterocycles. The number of aliphatic hydroxyl groups excluding tert-OH is 1. The minimum Gasteiger partial charge on any atom is -0.488 e. The minimum absolute atomic E-state index is 0.198. The van der Waals surface area contributed by atoms with Gasteiger partial charge in [-0.2, -0.15) is 0 Å². The van der Waals surface area contributed by atoms with Crippen LogP contribution in [0.2, 0.25) is 0 Å². The van der Waals surface area contributed by atoms with E-state index in [-0.39, 0.29) is 18.3 Å². The lowest BCUT2D eigenvalue weighted by atomic mass is 10.1. The third kappa shape index (κ3) is 5.64. The maximum atomic E-state index is 10.7. The van der Waals surface area contributed by atoms with E-state index in [1.807, 2.05) is 0 Å². The maximum Gasteiger partial charge on any atom is 0.125 e. The van der Waals surface area contributed by atoms with Crippen molar-refractivity contribution in [2.24, 2.45) is 0 Å². The van der Waals surface area contributed by atoms with E-state index in [1.165, 1.54) is 22.3 Å². The summed E-state index contributed by atoms with van der Waals surface area (Å²) in [6, 6.07) is 12.6. The molecule has 0 bridgehead atoms. The third-order valence-corrected chi connectivity index (χ3v) is 6.78. The lowest BCUT2D eigenvalue weighted by Crippen LogP contribution is -2.40. The quantitative estimate of drug-likeness (QED) is 0.678. The van der Waals surface area contributed by atoms with Crippen molar-refractivity contribution in [3.05, 3.63) is 58.7 Å². The van der Waals surface area contributed by atoms with Gasteiger partial charge in [0.25, 0.3) is 0 Å². The topological polar surface area (TPSA) is 45.2 Å². The third-order valence-electron chi connectivity index (χ3n) is 6.78. The molecule has 2 atom stereocenters. The summed E-state index contributed by atoms with van der Waals surface area (Å²) in [7, 11) is 0. The molecule has 174 valence electrons. The van der Waals surface area contributed by atoms with Crippen molar-refractivity contribution >= 4 is 0 Å². The van der Waals surface area contributed by atoms with Gasteiger partial charge in [-0.05, 0) is 62.8 Å². The van der Waals surface area contributed by atoms with Gasteiger partial charge in [0.05, 0.1) is 6.10 Å². The van der Waals surface area contributed by atoms with E-state index in [2.05, 4.69) is 73.9 Å². The number of nitrogens with zero attached hydrogens (tertiary/aromatic N) is 2. The minimum atomic E-state index is -0.354. The van der Waals surface area contributed by atoms with E-state index >= 15 is 0 Å². The number of rotatable bonds is 8. The molecule has 0 amide bonds. The Balaban J connectivity index is 1.21. The molecular formula is C27H38N2O3. The zero-order chi connectivity index (χ0) is 22.7. The predicted molar refractivity (Wildman–Crippen MR) is 129 cm³/mol. The van der Waals surface area contributed by atoms with Crippen LogP contribution in [0, 0.1) is 27.7 Å². The standard InChI is InChI=1S/C27H38N2O3/c1-19-7-5-8-20(2)26(19)31-24-11-13-28(17-24)15-23(30)16-29-14-12-25(18-29)32-27-21(3)9-6-10-22(27)4/h5-10,23-25,30H,11-18H2,1-4H3. The molecular weight excluding hydrogens is 400 g/mol. The van der Waals surface area contributed by atoms with Crippen LogP contribution in [0.1, 0.15) is 35.1 Å². The van der Waals surface area contributed by atoms with Crippen LogP contribution in [0.4, 0.5) is 0 Å². The van der Waals surface area contributed by atoms with Crippen molar-refractivity contribution in [1.29, 1.82) is 0 Å². The zero-order valence-corrected chi connectivity index (χ0v) is 20.0. The second kappa shape index (κ2) is 10.2. The van der Waals surface area contributed by atoms with Crippen molar-refractivity contribution < 1.29 is 14.6 Å². The summed E-state index contributed by atoms with van der Waals surface area (Å²) in [5.41, 5.74) is 4.76. The molecule has 2 saturated heterocycles. The first kappa shape index (κ1) is 23.1. The number of para-hydroxylation sites is 2. The molecule has 2 aromatic rings. The molecule has 1 N–H and O–H groups in total. The van der Waals surface area contributed by atoms with E-state index in [4.69, 9.17) is 9.47 Å². The molecule has 4 rings (SSSR count). The van der Waals surface area contributed by atoms with Gasteiger partial charge in [-0.3, -0.25) is 9.80 Å². The Hall–Kier alpha value is -2.08. The van der Waals surface area contributed by atoms with Crippen LogP contribution in [0.25, 0.3) is 0 Å². The SMILES string of the molecule is Cc1cccc(C)c1OC1CCN(CC(O)CN2CCC(Oc3c(C)cccc3C)C2)C1. The van der Waals surface area contributed by atoms with Gasteiger partial charge < -0.3 is 14.6 Å². The van der Waals surface area contributed by atoms with Crippen LogP contribution < -0.4 is 9.47 Å². The summed E-state index contributed by atoms with van der Waals surface area (Å²) in [5, 5.41) is 10.7. The van der Waals surface area contributed by atoms with Gasteiger partial charge in [0.1, 0.15) is 23.7 Å². The number of likely N-dealkylation sites (tertiary alicyclic amines) is 2. The molecule has 0 saturated carbocycles. The highest BCUT2D eigenvalue weighted by Crippen LogP contribution is 2.27. The van der Waals surface area contributed by atoms with E-state index < -0.39 is 0 Å². The van der Waals surface area contributed by atoms with Gasteiger partial charge in [-0.15, -0.1) is 0 Å². The molecule has 0 aliphatic carbocycles. The van der Waals surface area contributed by atoms with E-state index in [9.17, 15) is 5.11 Å². The van der Waals surface area contributed by atoms with Crippen molar-refractivity contribution in [3.63, 3.8) is 0 Å². The van der Waals surface area contributed by atoms with Gasteiger partial charge in [-0.1, -0.05) is 36.4 Å². The molecule has 2 unspecified atom stereocenters. The summed E-state index contributed by atoms with van der Waals surface area (Å²) in [4.78, 5) is 4.67. The Kier molecular flexibility index (Phi) is 7.39. The van der Waals surface area contributed by atoms with Gasteiger partial charge >= 0.3 is 0 Å². The molecule has 2 aliphatic rings. The second-order valence-corrected chi connectivity index (χ2v) is 9.67. The van der Waals surface area contributed by atoms with Crippen LogP contribution in [0.15, 0.2) is 36.4 Å². The molecule has 2 heterocycles. The molecule has 2 aliphatic heterocycles. The van der Waals surface area contributed by atoms with Gasteiger partial charge in [0.2, 0.25) is 0 Å². The fraction of sp³-hybridized carbons (Fsp3) is 0.556. The summed E-state index contributed by atoms with van der Waals surface area (Å²) in [5.74, 6) is 2.04. The highest BCUT2D eigenvalue weighted by molar-refractivity contribution is 5.40. The Morgan fingerprint density at radius 1 is 0.750 bits per heavy atom. The first-order valence-corrected chi connectivity index (χ1v) is 12.0.